The van der Waals surface area contributed by atoms with Crippen molar-refractivity contribution in [2.45, 2.75) is 10.9 Å². The zero-order valence-electron chi connectivity index (χ0n) is 16.0. The number of hydrogen-bond donors (Lipinski definition) is 0. The van der Waals surface area contributed by atoms with E-state index < -0.39 is 6.04 Å². The van der Waals surface area contributed by atoms with Gasteiger partial charge in [0.2, 0.25) is 5.76 Å². The molecule has 0 bridgehead atoms. The zero-order chi connectivity index (χ0) is 20.8. The van der Waals surface area contributed by atoms with Crippen molar-refractivity contribution in [1.29, 1.82) is 0 Å². The zero-order valence-corrected chi connectivity index (χ0v) is 17.5. The van der Waals surface area contributed by atoms with E-state index in [0.717, 1.165) is 10.5 Å². The summed E-state index contributed by atoms with van der Waals surface area (Å²) in [5.74, 6) is -0.248. The van der Waals surface area contributed by atoms with Gasteiger partial charge in [0.05, 0.1) is 17.0 Å². The highest BCUT2D eigenvalue weighted by Gasteiger charge is 2.43. The van der Waals surface area contributed by atoms with Crippen LogP contribution >= 0.6 is 23.4 Å². The summed E-state index contributed by atoms with van der Waals surface area (Å²) in [5, 5.41) is 0.814. The number of rotatable bonds is 3. The van der Waals surface area contributed by atoms with Crippen LogP contribution in [0.25, 0.3) is 11.0 Å². The number of halogens is 1. The first-order chi connectivity index (χ1) is 14.6. The predicted octanol–water partition coefficient (Wildman–Crippen LogP) is 5.92. The average molecular weight is 434 g/mol. The Kier molecular flexibility index (Phi) is 4.65. The van der Waals surface area contributed by atoms with E-state index in [1.54, 1.807) is 34.9 Å². The van der Waals surface area contributed by atoms with Gasteiger partial charge >= 0.3 is 0 Å². The van der Waals surface area contributed by atoms with Gasteiger partial charge in [-0.15, -0.1) is 11.8 Å². The molecular formula is C24H16ClNO3S. The summed E-state index contributed by atoms with van der Waals surface area (Å²) in [6.45, 7) is 0. The lowest BCUT2D eigenvalue weighted by Gasteiger charge is -2.25. The van der Waals surface area contributed by atoms with Crippen molar-refractivity contribution in [2.24, 2.45) is 0 Å². The first kappa shape index (κ1) is 19.0. The van der Waals surface area contributed by atoms with Gasteiger partial charge in [0.25, 0.3) is 5.91 Å². The van der Waals surface area contributed by atoms with E-state index in [0.29, 0.717) is 27.2 Å². The van der Waals surface area contributed by atoms with E-state index in [1.165, 1.54) is 0 Å². The quantitative estimate of drug-likeness (QED) is 0.376. The Balaban J connectivity index is 1.80. The minimum absolute atomic E-state index is 0.0811. The van der Waals surface area contributed by atoms with Crippen molar-refractivity contribution in [2.75, 3.05) is 11.2 Å². The molecule has 30 heavy (non-hydrogen) atoms. The van der Waals surface area contributed by atoms with Gasteiger partial charge in [0.1, 0.15) is 5.58 Å². The number of carbonyl (C=O) groups excluding carboxylic acids is 1. The van der Waals surface area contributed by atoms with Crippen LogP contribution < -0.4 is 10.3 Å². The Morgan fingerprint density at radius 1 is 0.967 bits per heavy atom. The molecule has 1 amide bonds. The molecule has 0 saturated carbocycles. The topological polar surface area (TPSA) is 50.5 Å². The number of fused-ring (bicyclic) bond motifs is 2. The van der Waals surface area contributed by atoms with Crippen molar-refractivity contribution >= 4 is 45.9 Å². The van der Waals surface area contributed by atoms with Crippen molar-refractivity contribution in [3.63, 3.8) is 0 Å². The van der Waals surface area contributed by atoms with Gasteiger partial charge in [-0.25, -0.2) is 0 Å². The van der Waals surface area contributed by atoms with Gasteiger partial charge in [-0.2, -0.15) is 0 Å². The maximum absolute atomic E-state index is 13.5. The molecule has 4 nitrogen and oxygen atoms in total. The minimum Gasteiger partial charge on any atom is -0.450 e. The van der Waals surface area contributed by atoms with Crippen LogP contribution in [-0.2, 0) is 0 Å². The molecule has 0 saturated heterocycles. The molecular weight excluding hydrogens is 418 g/mol. The first-order valence-corrected chi connectivity index (χ1v) is 11.0. The monoisotopic (exact) mass is 433 g/mol. The molecule has 6 heteroatoms. The molecule has 5 rings (SSSR count). The minimum atomic E-state index is -0.578. The number of para-hydroxylation sites is 1. The SMILES string of the molecule is CSc1ccc([C@H]2c3c(oc4ccc(Cl)cc4c3=O)C(=O)N2c2ccccc2)cc1. The first-order valence-electron chi connectivity index (χ1n) is 9.37. The van der Waals surface area contributed by atoms with Crippen LogP contribution in [0.4, 0.5) is 5.69 Å². The Morgan fingerprint density at radius 2 is 1.70 bits per heavy atom. The third-order valence-electron chi connectivity index (χ3n) is 5.30. The van der Waals surface area contributed by atoms with E-state index in [2.05, 4.69) is 0 Å². The van der Waals surface area contributed by atoms with Crippen LogP contribution in [0.15, 0.2) is 86.9 Å². The summed E-state index contributed by atoms with van der Waals surface area (Å²) in [4.78, 5) is 29.7. The van der Waals surface area contributed by atoms with E-state index in [-0.39, 0.29) is 17.1 Å². The van der Waals surface area contributed by atoms with Crippen molar-refractivity contribution in [3.05, 3.63) is 105 Å². The number of anilines is 1. The molecule has 0 fully saturated rings. The molecule has 3 aromatic carbocycles. The molecule has 4 aromatic rings. The Labute approximate surface area is 182 Å². The lowest BCUT2D eigenvalue weighted by molar-refractivity contribution is 0.0971. The third-order valence-corrected chi connectivity index (χ3v) is 6.28. The number of carbonyl (C=O) groups is 1. The predicted molar refractivity (Wildman–Crippen MR) is 121 cm³/mol. The molecule has 1 aromatic heterocycles. The number of nitrogens with zero attached hydrogens (tertiary/aromatic N) is 1. The van der Waals surface area contributed by atoms with Gasteiger partial charge < -0.3 is 4.42 Å². The van der Waals surface area contributed by atoms with Gasteiger partial charge in [0.15, 0.2) is 5.43 Å². The Morgan fingerprint density at radius 3 is 2.40 bits per heavy atom. The van der Waals surface area contributed by atoms with Gasteiger partial charge in [0, 0.05) is 15.6 Å². The highest BCUT2D eigenvalue weighted by atomic mass is 35.5. The third kappa shape index (κ3) is 2.93. The average Bonchev–Trinajstić information content (AvgIpc) is 3.07. The summed E-state index contributed by atoms with van der Waals surface area (Å²) >= 11 is 7.76. The molecule has 0 unspecified atom stereocenters. The van der Waals surface area contributed by atoms with E-state index in [1.807, 2.05) is 60.9 Å². The van der Waals surface area contributed by atoms with E-state index in [9.17, 15) is 9.59 Å². The molecule has 0 spiro atoms. The number of amides is 1. The van der Waals surface area contributed by atoms with Crippen molar-refractivity contribution in [1.82, 2.24) is 0 Å². The van der Waals surface area contributed by atoms with Crippen molar-refractivity contribution in [3.8, 4) is 0 Å². The second kappa shape index (κ2) is 7.35. The maximum Gasteiger partial charge on any atom is 0.295 e. The fraction of sp³-hybridized carbons (Fsp3) is 0.0833. The van der Waals surface area contributed by atoms with Crippen LogP contribution in [0.5, 0.6) is 0 Å². The Bertz CT molecular complexity index is 1330. The summed E-state index contributed by atoms with van der Waals surface area (Å²) in [6.07, 6.45) is 2.00. The van der Waals surface area contributed by atoms with Gasteiger partial charge in [-0.3, -0.25) is 14.5 Å². The Hall–Kier alpha value is -3.02. The fourth-order valence-corrected chi connectivity index (χ4v) is 4.48. The molecule has 0 N–H and O–H groups in total. The molecule has 1 atom stereocenters. The molecule has 1 aliphatic heterocycles. The second-order valence-corrected chi connectivity index (χ2v) is 8.32. The van der Waals surface area contributed by atoms with Crippen LogP contribution in [0.2, 0.25) is 5.02 Å². The van der Waals surface area contributed by atoms with Gasteiger partial charge in [-0.1, -0.05) is 41.9 Å². The normalized spacial score (nSPS) is 15.6. The lowest BCUT2D eigenvalue weighted by atomic mass is 9.98. The highest BCUT2D eigenvalue weighted by molar-refractivity contribution is 7.98. The largest absolute Gasteiger partial charge is 0.450 e. The molecule has 0 radical (unpaired) electrons. The summed E-state index contributed by atoms with van der Waals surface area (Å²) in [5.41, 5.74) is 2.00. The van der Waals surface area contributed by atoms with Crippen LogP contribution in [0, 0.1) is 0 Å². The summed E-state index contributed by atoms with van der Waals surface area (Å²) < 4.78 is 5.95. The number of benzene rings is 3. The highest BCUT2D eigenvalue weighted by Crippen LogP contribution is 2.41. The maximum atomic E-state index is 13.5. The van der Waals surface area contributed by atoms with E-state index >= 15 is 0 Å². The molecule has 1 aliphatic rings. The van der Waals surface area contributed by atoms with Crippen LogP contribution in [-0.4, -0.2) is 12.2 Å². The number of thioether (sulfide) groups is 1. The van der Waals surface area contributed by atoms with Crippen LogP contribution in [0.3, 0.4) is 0 Å². The smallest absolute Gasteiger partial charge is 0.295 e. The summed E-state index contributed by atoms with van der Waals surface area (Å²) in [7, 11) is 0. The second-order valence-electron chi connectivity index (χ2n) is 7.00. The molecule has 2 heterocycles. The number of hydrogen-bond acceptors (Lipinski definition) is 4. The van der Waals surface area contributed by atoms with Gasteiger partial charge in [-0.05, 0) is 54.3 Å². The van der Waals surface area contributed by atoms with E-state index in [4.69, 9.17) is 16.0 Å². The standard InChI is InChI=1S/C24H16ClNO3S/c1-30-17-10-7-14(8-11-17)21-20-22(27)18-13-15(25)9-12-19(18)29-23(20)24(28)26(21)16-5-3-2-4-6-16/h2-13,21H,1H3/t21-/m0/s1. The van der Waals surface area contributed by atoms with Crippen LogP contribution in [0.1, 0.15) is 27.7 Å². The van der Waals surface area contributed by atoms with Crippen molar-refractivity contribution < 1.29 is 9.21 Å². The molecule has 148 valence electrons. The summed E-state index contributed by atoms with van der Waals surface area (Å²) in [6, 6.07) is 21.5. The lowest BCUT2D eigenvalue weighted by Crippen LogP contribution is -2.29. The molecule has 0 aliphatic carbocycles. The fourth-order valence-electron chi connectivity index (χ4n) is 3.90.